The maximum atomic E-state index is 12.6. The predicted molar refractivity (Wildman–Crippen MR) is 116 cm³/mol. The lowest BCUT2D eigenvalue weighted by molar-refractivity contribution is -0.121. The van der Waals surface area contributed by atoms with E-state index in [-0.39, 0.29) is 18.0 Å². The van der Waals surface area contributed by atoms with Gasteiger partial charge in [0.2, 0.25) is 16.8 Å². The van der Waals surface area contributed by atoms with E-state index in [9.17, 15) is 13.2 Å². The average molecular weight is 432 g/mol. The van der Waals surface area contributed by atoms with Crippen LogP contribution in [0.2, 0.25) is 0 Å². The summed E-state index contributed by atoms with van der Waals surface area (Å²) in [5.74, 6) is -0.0438. The Labute approximate surface area is 176 Å². The monoisotopic (exact) mass is 431 g/mol. The molecular formula is C21H25N3O3S2. The average Bonchev–Trinajstić information content (AvgIpc) is 3.18. The molecule has 8 heteroatoms. The van der Waals surface area contributed by atoms with E-state index in [1.807, 2.05) is 53.9 Å². The SMILES string of the molecule is CCc1csc([C@H](CC2=CCC(N[SH](=O)=O)C=C2)NC(=O)Cc2ccccc2)n1. The quantitative estimate of drug-likeness (QED) is 0.533. The van der Waals surface area contributed by atoms with Crippen LogP contribution >= 0.6 is 11.3 Å². The molecule has 1 aromatic heterocycles. The van der Waals surface area contributed by atoms with Crippen molar-refractivity contribution in [3.05, 3.63) is 75.8 Å². The Hall–Kier alpha value is -2.29. The van der Waals surface area contributed by atoms with Crippen molar-refractivity contribution in [3.8, 4) is 0 Å². The number of thiol groups is 1. The molecule has 1 aliphatic carbocycles. The molecule has 6 nitrogen and oxygen atoms in total. The number of hydrogen-bond donors (Lipinski definition) is 3. The summed E-state index contributed by atoms with van der Waals surface area (Å²) in [5.41, 5.74) is 3.04. The molecular weight excluding hydrogens is 406 g/mol. The Balaban J connectivity index is 1.69. The number of benzene rings is 1. The molecule has 154 valence electrons. The molecule has 0 saturated carbocycles. The fraction of sp³-hybridized carbons (Fsp3) is 0.333. The first-order chi connectivity index (χ1) is 14.0. The maximum absolute atomic E-state index is 12.6. The van der Waals surface area contributed by atoms with E-state index in [0.717, 1.165) is 28.3 Å². The van der Waals surface area contributed by atoms with Gasteiger partial charge in [-0.3, -0.25) is 4.79 Å². The van der Waals surface area contributed by atoms with Gasteiger partial charge in [-0.05, 0) is 30.4 Å². The molecule has 1 amide bonds. The fourth-order valence-corrected chi connectivity index (χ4v) is 4.57. The number of hydrogen-bond acceptors (Lipinski definition) is 5. The van der Waals surface area contributed by atoms with Crippen LogP contribution in [0.25, 0.3) is 0 Å². The van der Waals surface area contributed by atoms with E-state index in [4.69, 9.17) is 0 Å². The first kappa shape index (κ1) is 21.4. The van der Waals surface area contributed by atoms with Crippen LogP contribution < -0.4 is 10.0 Å². The van der Waals surface area contributed by atoms with Gasteiger partial charge in [-0.1, -0.05) is 55.5 Å². The van der Waals surface area contributed by atoms with Crippen molar-refractivity contribution in [3.63, 3.8) is 0 Å². The van der Waals surface area contributed by atoms with E-state index < -0.39 is 10.9 Å². The summed E-state index contributed by atoms with van der Waals surface area (Å²) in [6.07, 6.45) is 8.17. The van der Waals surface area contributed by atoms with Crippen molar-refractivity contribution in [2.24, 2.45) is 0 Å². The van der Waals surface area contributed by atoms with E-state index in [1.54, 1.807) is 11.3 Å². The van der Waals surface area contributed by atoms with Crippen LogP contribution in [0, 0.1) is 0 Å². The Morgan fingerprint density at radius 2 is 2.10 bits per heavy atom. The second kappa shape index (κ2) is 10.5. The maximum Gasteiger partial charge on any atom is 0.224 e. The van der Waals surface area contributed by atoms with Gasteiger partial charge in [0.1, 0.15) is 5.01 Å². The highest BCUT2D eigenvalue weighted by molar-refractivity contribution is 7.70. The minimum Gasteiger partial charge on any atom is -0.346 e. The summed E-state index contributed by atoms with van der Waals surface area (Å²) >= 11 is 1.56. The van der Waals surface area contributed by atoms with Crippen LogP contribution in [-0.2, 0) is 28.5 Å². The largest absolute Gasteiger partial charge is 0.346 e. The zero-order chi connectivity index (χ0) is 20.6. The van der Waals surface area contributed by atoms with Crippen LogP contribution in [0.1, 0.15) is 42.1 Å². The molecule has 2 N–H and O–H groups in total. The van der Waals surface area contributed by atoms with E-state index in [1.165, 1.54) is 0 Å². The first-order valence-corrected chi connectivity index (χ1v) is 11.6. The van der Waals surface area contributed by atoms with Crippen LogP contribution in [-0.4, -0.2) is 25.4 Å². The van der Waals surface area contributed by atoms with Crippen LogP contribution in [0.4, 0.5) is 0 Å². The molecule has 0 aliphatic heterocycles. The van der Waals surface area contributed by atoms with Gasteiger partial charge in [0, 0.05) is 11.4 Å². The summed E-state index contributed by atoms with van der Waals surface area (Å²) in [4.78, 5) is 17.3. The summed E-state index contributed by atoms with van der Waals surface area (Å²) < 4.78 is 24.2. The number of carbonyl (C=O) groups excluding carboxylic acids is 1. The lowest BCUT2D eigenvalue weighted by Gasteiger charge is -2.20. The summed E-state index contributed by atoms with van der Waals surface area (Å²) in [6, 6.07) is 9.23. The third kappa shape index (κ3) is 6.62. The molecule has 1 aromatic carbocycles. The molecule has 2 atom stereocenters. The molecule has 29 heavy (non-hydrogen) atoms. The van der Waals surface area contributed by atoms with Gasteiger partial charge in [0.15, 0.2) is 0 Å². The smallest absolute Gasteiger partial charge is 0.224 e. The lowest BCUT2D eigenvalue weighted by Crippen LogP contribution is -2.31. The number of amides is 1. The Kier molecular flexibility index (Phi) is 7.74. The van der Waals surface area contributed by atoms with Gasteiger partial charge in [-0.2, -0.15) is 0 Å². The molecule has 2 aromatic rings. The number of allylic oxidation sites excluding steroid dienone is 1. The van der Waals surface area contributed by atoms with Gasteiger partial charge in [-0.15, -0.1) is 11.3 Å². The highest BCUT2D eigenvalue weighted by atomic mass is 32.2. The lowest BCUT2D eigenvalue weighted by atomic mass is 9.98. The van der Waals surface area contributed by atoms with Gasteiger partial charge in [-0.25, -0.2) is 18.1 Å². The predicted octanol–water partition coefficient (Wildman–Crippen LogP) is 2.87. The van der Waals surface area contributed by atoms with E-state index in [0.29, 0.717) is 19.3 Å². The number of carbonyl (C=O) groups is 1. The third-order valence-electron chi connectivity index (χ3n) is 4.66. The van der Waals surface area contributed by atoms with Crippen molar-refractivity contribution < 1.29 is 13.2 Å². The summed E-state index contributed by atoms with van der Waals surface area (Å²) in [7, 11) is -2.62. The molecule has 0 saturated heterocycles. The normalized spacial score (nSPS) is 17.2. The standard InChI is InChI=1S/C21H25N3O3S2/c1-2-17-14-28-21(22-17)19(23-20(25)13-15-6-4-3-5-7-15)12-16-8-10-18(11-9-16)24-29(26)27/h3-10,14,18-19,29H,2,11-13H2,1H3,(H,23,25)(H,24,26,27)/t18?,19-/m0/s1. The number of thiazole rings is 1. The van der Waals surface area contributed by atoms with Gasteiger partial charge < -0.3 is 5.32 Å². The third-order valence-corrected chi connectivity index (χ3v) is 6.21. The zero-order valence-electron chi connectivity index (χ0n) is 16.2. The van der Waals surface area contributed by atoms with Crippen molar-refractivity contribution in [2.75, 3.05) is 0 Å². The zero-order valence-corrected chi connectivity index (χ0v) is 17.9. The molecule has 1 unspecified atom stereocenters. The Morgan fingerprint density at radius 3 is 2.72 bits per heavy atom. The first-order valence-electron chi connectivity index (χ1n) is 9.59. The second-order valence-corrected chi connectivity index (χ2v) is 8.55. The number of nitrogens with one attached hydrogen (secondary N) is 2. The minimum absolute atomic E-state index is 0.0438. The molecule has 0 fully saturated rings. The molecule has 1 aliphatic rings. The minimum atomic E-state index is -2.62. The highest BCUT2D eigenvalue weighted by Gasteiger charge is 2.20. The topological polar surface area (TPSA) is 88.2 Å². The van der Waals surface area contributed by atoms with Crippen molar-refractivity contribution in [1.82, 2.24) is 15.0 Å². The molecule has 3 rings (SSSR count). The van der Waals surface area contributed by atoms with Crippen LogP contribution in [0.5, 0.6) is 0 Å². The van der Waals surface area contributed by atoms with E-state index >= 15 is 0 Å². The van der Waals surface area contributed by atoms with Crippen molar-refractivity contribution in [2.45, 2.75) is 44.7 Å². The Bertz CT molecular complexity index is 957. The summed E-state index contributed by atoms with van der Waals surface area (Å²) in [5, 5.41) is 6.05. The van der Waals surface area contributed by atoms with Gasteiger partial charge in [0.05, 0.1) is 18.2 Å². The van der Waals surface area contributed by atoms with Crippen molar-refractivity contribution in [1.29, 1.82) is 0 Å². The number of aryl methyl sites for hydroxylation is 1. The molecule has 0 spiro atoms. The number of nitrogens with zero attached hydrogens (tertiary/aromatic N) is 1. The van der Waals surface area contributed by atoms with Gasteiger partial charge >= 0.3 is 0 Å². The van der Waals surface area contributed by atoms with Crippen LogP contribution in [0.15, 0.2) is 59.5 Å². The highest BCUT2D eigenvalue weighted by Crippen LogP contribution is 2.27. The fourth-order valence-electron chi connectivity index (χ4n) is 3.15. The second-order valence-electron chi connectivity index (χ2n) is 6.88. The molecule has 0 radical (unpaired) electrons. The molecule has 0 bridgehead atoms. The number of rotatable bonds is 9. The summed E-state index contributed by atoms with van der Waals surface area (Å²) in [6.45, 7) is 2.06. The number of aromatic nitrogens is 1. The van der Waals surface area contributed by atoms with E-state index in [2.05, 4.69) is 21.9 Å². The van der Waals surface area contributed by atoms with Crippen molar-refractivity contribution >= 4 is 28.1 Å². The van der Waals surface area contributed by atoms with Crippen LogP contribution in [0.3, 0.4) is 0 Å². The van der Waals surface area contributed by atoms with Gasteiger partial charge in [0.25, 0.3) is 0 Å². The Morgan fingerprint density at radius 1 is 1.31 bits per heavy atom. The molecule has 1 heterocycles.